The van der Waals surface area contributed by atoms with E-state index in [0.717, 1.165) is 0 Å². The molecule has 2 atom stereocenters. The SMILES string of the molecule is Cc1ccc(OC(=O)C2C3CCCCC32)cc1. The van der Waals surface area contributed by atoms with Crippen LogP contribution in [0.15, 0.2) is 24.3 Å². The molecule has 90 valence electrons. The third kappa shape index (κ3) is 2.08. The first kappa shape index (κ1) is 10.8. The van der Waals surface area contributed by atoms with E-state index in [1.807, 2.05) is 31.2 Å². The number of esters is 1. The highest BCUT2D eigenvalue weighted by atomic mass is 16.5. The number of ether oxygens (including phenoxy) is 1. The van der Waals surface area contributed by atoms with Gasteiger partial charge in [-0.15, -0.1) is 0 Å². The Morgan fingerprint density at radius 1 is 1.12 bits per heavy atom. The smallest absolute Gasteiger partial charge is 0.314 e. The molecule has 0 aromatic heterocycles. The lowest BCUT2D eigenvalue weighted by atomic mass is 10.0. The molecule has 2 aliphatic carbocycles. The van der Waals surface area contributed by atoms with Crippen LogP contribution < -0.4 is 4.74 Å². The zero-order valence-corrected chi connectivity index (χ0v) is 10.2. The topological polar surface area (TPSA) is 26.3 Å². The predicted octanol–water partition coefficient (Wildman–Crippen LogP) is 3.34. The van der Waals surface area contributed by atoms with Gasteiger partial charge in [-0.25, -0.2) is 0 Å². The maximum Gasteiger partial charge on any atom is 0.314 e. The fraction of sp³-hybridized carbons (Fsp3) is 0.533. The summed E-state index contributed by atoms with van der Waals surface area (Å²) >= 11 is 0. The number of hydrogen-bond acceptors (Lipinski definition) is 2. The number of carbonyl (C=O) groups is 1. The molecule has 0 bridgehead atoms. The van der Waals surface area contributed by atoms with Crippen LogP contribution in [0.1, 0.15) is 31.2 Å². The van der Waals surface area contributed by atoms with E-state index in [9.17, 15) is 4.79 Å². The number of rotatable bonds is 2. The van der Waals surface area contributed by atoms with Crippen molar-refractivity contribution in [2.75, 3.05) is 0 Å². The van der Waals surface area contributed by atoms with Crippen molar-refractivity contribution in [3.8, 4) is 5.75 Å². The van der Waals surface area contributed by atoms with Crippen molar-refractivity contribution in [1.29, 1.82) is 0 Å². The Morgan fingerprint density at radius 2 is 1.71 bits per heavy atom. The second-order valence-corrected chi connectivity index (χ2v) is 5.37. The summed E-state index contributed by atoms with van der Waals surface area (Å²) in [6.07, 6.45) is 5.02. The molecule has 2 saturated carbocycles. The average molecular weight is 230 g/mol. The highest BCUT2D eigenvalue weighted by Gasteiger charge is 2.55. The molecule has 2 unspecified atom stereocenters. The number of hydrogen-bond donors (Lipinski definition) is 0. The number of carbonyl (C=O) groups excluding carboxylic acids is 1. The van der Waals surface area contributed by atoms with Crippen LogP contribution in [0.5, 0.6) is 5.75 Å². The first-order chi connectivity index (χ1) is 8.25. The summed E-state index contributed by atoms with van der Waals surface area (Å²) in [7, 11) is 0. The second kappa shape index (κ2) is 4.17. The maximum atomic E-state index is 12.0. The van der Waals surface area contributed by atoms with Crippen molar-refractivity contribution in [1.82, 2.24) is 0 Å². The van der Waals surface area contributed by atoms with Gasteiger partial charge in [0.15, 0.2) is 0 Å². The minimum atomic E-state index is -0.00856. The fourth-order valence-corrected chi connectivity index (χ4v) is 3.13. The molecule has 0 radical (unpaired) electrons. The van der Waals surface area contributed by atoms with Gasteiger partial charge in [0, 0.05) is 0 Å². The first-order valence-corrected chi connectivity index (χ1v) is 6.54. The molecule has 0 heterocycles. The van der Waals surface area contributed by atoms with E-state index < -0.39 is 0 Å². The van der Waals surface area contributed by atoms with Crippen LogP contribution in [-0.4, -0.2) is 5.97 Å². The molecule has 1 aromatic rings. The molecule has 3 rings (SSSR count). The quantitative estimate of drug-likeness (QED) is 0.575. The van der Waals surface area contributed by atoms with Crippen molar-refractivity contribution in [3.05, 3.63) is 29.8 Å². The first-order valence-electron chi connectivity index (χ1n) is 6.54. The number of benzene rings is 1. The van der Waals surface area contributed by atoms with Gasteiger partial charge in [0.05, 0.1) is 5.92 Å². The van der Waals surface area contributed by atoms with E-state index in [-0.39, 0.29) is 11.9 Å². The average Bonchev–Trinajstić information content (AvgIpc) is 3.06. The summed E-state index contributed by atoms with van der Waals surface area (Å²) in [6, 6.07) is 7.70. The summed E-state index contributed by atoms with van der Waals surface area (Å²) in [5, 5.41) is 0. The van der Waals surface area contributed by atoms with Gasteiger partial charge in [-0.2, -0.15) is 0 Å². The Morgan fingerprint density at radius 3 is 2.29 bits per heavy atom. The fourth-order valence-electron chi connectivity index (χ4n) is 3.13. The number of aryl methyl sites for hydroxylation is 1. The Kier molecular flexibility index (Phi) is 2.65. The van der Waals surface area contributed by atoms with E-state index in [4.69, 9.17) is 4.74 Å². The Balaban J connectivity index is 1.62. The van der Waals surface area contributed by atoms with Crippen LogP contribution in [-0.2, 0) is 4.79 Å². The van der Waals surface area contributed by atoms with Gasteiger partial charge in [0.1, 0.15) is 5.75 Å². The van der Waals surface area contributed by atoms with Crippen LogP contribution in [0.25, 0.3) is 0 Å². The zero-order chi connectivity index (χ0) is 11.8. The van der Waals surface area contributed by atoms with Gasteiger partial charge in [0.25, 0.3) is 0 Å². The molecule has 0 amide bonds. The van der Waals surface area contributed by atoms with Crippen LogP contribution in [0, 0.1) is 24.7 Å². The van der Waals surface area contributed by atoms with Crippen LogP contribution in [0.3, 0.4) is 0 Å². The normalized spacial score (nSPS) is 30.5. The van der Waals surface area contributed by atoms with Gasteiger partial charge in [-0.1, -0.05) is 30.5 Å². The largest absolute Gasteiger partial charge is 0.426 e. The molecule has 1 aromatic carbocycles. The monoisotopic (exact) mass is 230 g/mol. The van der Waals surface area contributed by atoms with E-state index in [1.165, 1.54) is 31.2 Å². The molecule has 2 fully saturated rings. The molecule has 0 N–H and O–H groups in total. The number of fused-ring (bicyclic) bond motifs is 1. The van der Waals surface area contributed by atoms with Gasteiger partial charge in [0.2, 0.25) is 0 Å². The van der Waals surface area contributed by atoms with E-state index in [1.54, 1.807) is 0 Å². The molecule has 0 spiro atoms. The Labute approximate surface area is 102 Å². The van der Waals surface area contributed by atoms with Crippen LogP contribution in [0.2, 0.25) is 0 Å². The second-order valence-electron chi connectivity index (χ2n) is 5.37. The van der Waals surface area contributed by atoms with E-state index >= 15 is 0 Å². The molecule has 2 nitrogen and oxygen atoms in total. The highest BCUT2D eigenvalue weighted by molar-refractivity contribution is 5.79. The maximum absolute atomic E-state index is 12.0. The Bertz CT molecular complexity index is 409. The molecular formula is C15H18O2. The summed E-state index contributed by atoms with van der Waals surface area (Å²) in [5.41, 5.74) is 1.19. The summed E-state index contributed by atoms with van der Waals surface area (Å²) < 4.78 is 5.45. The van der Waals surface area contributed by atoms with E-state index in [0.29, 0.717) is 17.6 Å². The minimum absolute atomic E-state index is 0.00856. The van der Waals surface area contributed by atoms with Crippen molar-refractivity contribution in [2.45, 2.75) is 32.6 Å². The third-order valence-electron chi connectivity index (χ3n) is 4.17. The molecule has 0 aliphatic heterocycles. The Hall–Kier alpha value is -1.31. The summed E-state index contributed by atoms with van der Waals surface area (Å²) in [6.45, 7) is 2.03. The minimum Gasteiger partial charge on any atom is -0.426 e. The lowest BCUT2D eigenvalue weighted by Gasteiger charge is -2.04. The van der Waals surface area contributed by atoms with Gasteiger partial charge < -0.3 is 4.74 Å². The molecule has 17 heavy (non-hydrogen) atoms. The zero-order valence-electron chi connectivity index (χ0n) is 10.2. The molecular weight excluding hydrogens is 212 g/mol. The predicted molar refractivity (Wildman–Crippen MR) is 65.8 cm³/mol. The third-order valence-corrected chi connectivity index (χ3v) is 4.17. The van der Waals surface area contributed by atoms with Gasteiger partial charge in [-0.05, 0) is 43.7 Å². The lowest BCUT2D eigenvalue weighted by molar-refractivity contribution is -0.136. The standard InChI is InChI=1S/C15H18O2/c1-10-6-8-11(9-7-10)17-15(16)14-12-4-2-3-5-13(12)14/h6-9,12-14H,2-5H2,1H3. The van der Waals surface area contributed by atoms with Crippen LogP contribution >= 0.6 is 0 Å². The van der Waals surface area contributed by atoms with Crippen molar-refractivity contribution in [2.24, 2.45) is 17.8 Å². The van der Waals surface area contributed by atoms with Crippen molar-refractivity contribution in [3.63, 3.8) is 0 Å². The highest BCUT2D eigenvalue weighted by Crippen LogP contribution is 2.55. The lowest BCUT2D eigenvalue weighted by Crippen LogP contribution is -2.12. The van der Waals surface area contributed by atoms with Crippen molar-refractivity contribution < 1.29 is 9.53 Å². The molecule has 0 saturated heterocycles. The molecule has 2 aliphatic rings. The molecule has 2 heteroatoms. The summed E-state index contributed by atoms with van der Waals surface area (Å²) in [4.78, 5) is 12.0. The van der Waals surface area contributed by atoms with Crippen molar-refractivity contribution >= 4 is 5.97 Å². The van der Waals surface area contributed by atoms with Crippen LogP contribution in [0.4, 0.5) is 0 Å². The van der Waals surface area contributed by atoms with Gasteiger partial charge in [-0.3, -0.25) is 4.79 Å². The van der Waals surface area contributed by atoms with E-state index in [2.05, 4.69) is 0 Å². The summed E-state index contributed by atoms with van der Waals surface area (Å²) in [5.74, 6) is 2.12. The van der Waals surface area contributed by atoms with Gasteiger partial charge >= 0.3 is 5.97 Å².